The standard InChI is InChI=1S/C24H24N4O3S/c1-2-25-23(30)15-6-5-7-17(12-15)26-21(29)14-32-22-13-19(24(31)27-16-10-11-16)18-8-3-4-9-20(18)28-22/h3-9,12-13,16H,2,10-11,14H2,1H3,(H,25,30)(H,26,29)(H,27,31). The lowest BCUT2D eigenvalue weighted by Crippen LogP contribution is -2.25. The van der Waals surface area contributed by atoms with E-state index >= 15 is 0 Å². The van der Waals surface area contributed by atoms with Gasteiger partial charge >= 0.3 is 0 Å². The number of nitrogens with one attached hydrogen (secondary N) is 3. The Morgan fingerprint density at radius 2 is 1.84 bits per heavy atom. The summed E-state index contributed by atoms with van der Waals surface area (Å²) in [6.45, 7) is 2.38. The molecule has 0 spiro atoms. The second-order valence-electron chi connectivity index (χ2n) is 7.55. The van der Waals surface area contributed by atoms with Crippen molar-refractivity contribution < 1.29 is 14.4 Å². The van der Waals surface area contributed by atoms with Crippen LogP contribution in [-0.2, 0) is 4.79 Å². The van der Waals surface area contributed by atoms with Gasteiger partial charge in [-0.3, -0.25) is 14.4 Å². The minimum absolute atomic E-state index is 0.112. The molecule has 0 radical (unpaired) electrons. The average molecular weight is 449 g/mol. The van der Waals surface area contributed by atoms with Crippen LogP contribution in [0.2, 0.25) is 0 Å². The maximum atomic E-state index is 12.7. The zero-order valence-electron chi connectivity index (χ0n) is 17.7. The highest BCUT2D eigenvalue weighted by Gasteiger charge is 2.25. The van der Waals surface area contributed by atoms with E-state index in [1.165, 1.54) is 11.8 Å². The lowest BCUT2D eigenvalue weighted by atomic mass is 10.1. The maximum absolute atomic E-state index is 12.7. The third-order valence-corrected chi connectivity index (χ3v) is 5.86. The van der Waals surface area contributed by atoms with Gasteiger partial charge in [-0.05, 0) is 50.1 Å². The Labute approximate surface area is 190 Å². The van der Waals surface area contributed by atoms with Crippen molar-refractivity contribution in [2.24, 2.45) is 0 Å². The van der Waals surface area contributed by atoms with Crippen LogP contribution in [0.25, 0.3) is 10.9 Å². The van der Waals surface area contributed by atoms with E-state index in [-0.39, 0.29) is 29.5 Å². The Hall–Kier alpha value is -3.39. The summed E-state index contributed by atoms with van der Waals surface area (Å²) in [6, 6.07) is 16.3. The lowest BCUT2D eigenvalue weighted by molar-refractivity contribution is -0.113. The highest BCUT2D eigenvalue weighted by molar-refractivity contribution is 7.99. The fourth-order valence-electron chi connectivity index (χ4n) is 3.24. The van der Waals surface area contributed by atoms with Crippen molar-refractivity contribution in [1.29, 1.82) is 0 Å². The summed E-state index contributed by atoms with van der Waals surface area (Å²) >= 11 is 1.26. The molecule has 0 bridgehead atoms. The van der Waals surface area contributed by atoms with Crippen molar-refractivity contribution in [1.82, 2.24) is 15.6 Å². The minimum atomic E-state index is -0.220. The number of hydrogen-bond donors (Lipinski definition) is 3. The van der Waals surface area contributed by atoms with E-state index in [0.717, 1.165) is 18.2 Å². The largest absolute Gasteiger partial charge is 0.352 e. The monoisotopic (exact) mass is 448 g/mol. The molecule has 1 heterocycles. The summed E-state index contributed by atoms with van der Waals surface area (Å²) in [4.78, 5) is 41.8. The average Bonchev–Trinajstić information content (AvgIpc) is 3.61. The molecule has 1 aromatic heterocycles. The fourth-order valence-corrected chi connectivity index (χ4v) is 3.96. The number of anilines is 1. The number of carbonyl (C=O) groups excluding carboxylic acids is 3. The minimum Gasteiger partial charge on any atom is -0.352 e. The Morgan fingerprint density at radius 1 is 1.03 bits per heavy atom. The first-order valence-electron chi connectivity index (χ1n) is 10.5. The molecular weight excluding hydrogens is 424 g/mol. The van der Waals surface area contributed by atoms with Crippen molar-refractivity contribution in [2.75, 3.05) is 17.6 Å². The molecule has 3 amide bonds. The summed E-state index contributed by atoms with van der Waals surface area (Å²) in [7, 11) is 0. The number of rotatable bonds is 8. The van der Waals surface area contributed by atoms with Gasteiger partial charge in [-0.1, -0.05) is 36.0 Å². The molecule has 3 N–H and O–H groups in total. The Bertz CT molecular complexity index is 1180. The molecule has 1 fully saturated rings. The van der Waals surface area contributed by atoms with Gasteiger partial charge in [0.05, 0.1) is 21.9 Å². The van der Waals surface area contributed by atoms with Crippen LogP contribution in [0.15, 0.2) is 59.6 Å². The number of amides is 3. The molecule has 2 aromatic carbocycles. The van der Waals surface area contributed by atoms with Crippen LogP contribution in [0.3, 0.4) is 0 Å². The molecular formula is C24H24N4O3S. The molecule has 0 unspecified atom stereocenters. The molecule has 0 atom stereocenters. The first kappa shape index (κ1) is 21.8. The van der Waals surface area contributed by atoms with Gasteiger partial charge in [0, 0.05) is 29.2 Å². The van der Waals surface area contributed by atoms with Gasteiger partial charge in [-0.2, -0.15) is 0 Å². The van der Waals surface area contributed by atoms with Crippen molar-refractivity contribution in [2.45, 2.75) is 30.8 Å². The molecule has 3 aromatic rings. The predicted octanol–water partition coefficient (Wildman–Crippen LogP) is 3.61. The second kappa shape index (κ2) is 9.82. The zero-order chi connectivity index (χ0) is 22.5. The third-order valence-electron chi connectivity index (χ3n) is 4.95. The van der Waals surface area contributed by atoms with Crippen molar-refractivity contribution in [3.05, 3.63) is 65.7 Å². The fraction of sp³-hybridized carbons (Fsp3) is 0.250. The van der Waals surface area contributed by atoms with Crippen LogP contribution in [-0.4, -0.2) is 41.0 Å². The topological polar surface area (TPSA) is 100 Å². The van der Waals surface area contributed by atoms with E-state index in [1.54, 1.807) is 30.3 Å². The number of carbonyl (C=O) groups is 3. The van der Waals surface area contributed by atoms with E-state index in [4.69, 9.17) is 0 Å². The summed E-state index contributed by atoms with van der Waals surface area (Å²) in [5.74, 6) is -0.391. The molecule has 0 saturated heterocycles. The maximum Gasteiger partial charge on any atom is 0.252 e. The van der Waals surface area contributed by atoms with Gasteiger partial charge in [0.25, 0.3) is 11.8 Å². The van der Waals surface area contributed by atoms with Gasteiger partial charge in [0.15, 0.2) is 0 Å². The molecule has 8 heteroatoms. The molecule has 0 aliphatic heterocycles. The summed E-state index contributed by atoms with van der Waals surface area (Å²) in [5.41, 5.74) is 2.32. The molecule has 1 aliphatic rings. The number of aromatic nitrogens is 1. The predicted molar refractivity (Wildman–Crippen MR) is 126 cm³/mol. The number of thioether (sulfide) groups is 1. The van der Waals surface area contributed by atoms with Gasteiger partial charge in [-0.15, -0.1) is 0 Å². The van der Waals surface area contributed by atoms with Crippen LogP contribution in [0.4, 0.5) is 5.69 Å². The Balaban J connectivity index is 1.44. The SMILES string of the molecule is CCNC(=O)c1cccc(NC(=O)CSc2cc(C(=O)NC3CC3)c3ccccc3n2)c1. The number of hydrogen-bond acceptors (Lipinski definition) is 5. The lowest BCUT2D eigenvalue weighted by Gasteiger charge is -2.10. The molecule has 32 heavy (non-hydrogen) atoms. The molecule has 1 aliphatic carbocycles. The van der Waals surface area contributed by atoms with Crippen molar-refractivity contribution >= 4 is 46.1 Å². The first-order valence-corrected chi connectivity index (χ1v) is 11.5. The van der Waals surface area contributed by atoms with E-state index in [0.29, 0.717) is 33.9 Å². The van der Waals surface area contributed by atoms with Gasteiger partial charge in [0.1, 0.15) is 0 Å². The molecule has 4 rings (SSSR count). The second-order valence-corrected chi connectivity index (χ2v) is 8.55. The third kappa shape index (κ3) is 5.45. The summed E-state index contributed by atoms with van der Waals surface area (Å²) in [6.07, 6.45) is 2.02. The van der Waals surface area contributed by atoms with E-state index in [1.807, 2.05) is 31.2 Å². The highest BCUT2D eigenvalue weighted by atomic mass is 32.2. The first-order chi connectivity index (χ1) is 15.5. The van der Waals surface area contributed by atoms with Gasteiger partial charge < -0.3 is 16.0 Å². The molecule has 7 nitrogen and oxygen atoms in total. The van der Waals surface area contributed by atoms with Crippen LogP contribution in [0.1, 0.15) is 40.5 Å². The molecule has 1 saturated carbocycles. The highest BCUT2D eigenvalue weighted by Crippen LogP contribution is 2.26. The zero-order valence-corrected chi connectivity index (χ0v) is 18.5. The Morgan fingerprint density at radius 3 is 2.62 bits per heavy atom. The smallest absolute Gasteiger partial charge is 0.252 e. The van der Waals surface area contributed by atoms with Crippen LogP contribution in [0, 0.1) is 0 Å². The van der Waals surface area contributed by atoms with E-state index < -0.39 is 0 Å². The Kier molecular flexibility index (Phi) is 6.70. The van der Waals surface area contributed by atoms with Crippen LogP contribution < -0.4 is 16.0 Å². The number of benzene rings is 2. The number of para-hydroxylation sites is 1. The van der Waals surface area contributed by atoms with E-state index in [9.17, 15) is 14.4 Å². The van der Waals surface area contributed by atoms with Crippen molar-refractivity contribution in [3.8, 4) is 0 Å². The van der Waals surface area contributed by atoms with Crippen LogP contribution >= 0.6 is 11.8 Å². The van der Waals surface area contributed by atoms with Crippen molar-refractivity contribution in [3.63, 3.8) is 0 Å². The number of nitrogens with zero attached hydrogens (tertiary/aromatic N) is 1. The van der Waals surface area contributed by atoms with Gasteiger partial charge in [0.2, 0.25) is 5.91 Å². The van der Waals surface area contributed by atoms with Gasteiger partial charge in [-0.25, -0.2) is 4.98 Å². The summed E-state index contributed by atoms with van der Waals surface area (Å²) < 4.78 is 0. The van der Waals surface area contributed by atoms with E-state index in [2.05, 4.69) is 20.9 Å². The quantitative estimate of drug-likeness (QED) is 0.457. The summed E-state index contributed by atoms with van der Waals surface area (Å²) in [5, 5.41) is 9.97. The normalized spacial score (nSPS) is 12.9. The van der Waals surface area contributed by atoms with Crippen LogP contribution in [0.5, 0.6) is 0 Å². The molecule has 164 valence electrons. The number of pyridine rings is 1. The number of fused-ring (bicyclic) bond motifs is 1.